The van der Waals surface area contributed by atoms with E-state index in [1.807, 2.05) is 23.6 Å². The lowest BCUT2D eigenvalue weighted by Gasteiger charge is -2.28. The van der Waals surface area contributed by atoms with E-state index >= 15 is 0 Å². The Balaban J connectivity index is 1.96. The fourth-order valence-electron chi connectivity index (χ4n) is 2.71. The molecule has 1 aliphatic rings. The summed E-state index contributed by atoms with van der Waals surface area (Å²) in [7, 11) is 0. The zero-order valence-corrected chi connectivity index (χ0v) is 13.3. The number of nitrogens with zero attached hydrogens (tertiary/aromatic N) is 3. The van der Waals surface area contributed by atoms with Crippen LogP contribution >= 0.6 is 0 Å². The van der Waals surface area contributed by atoms with Crippen molar-refractivity contribution in [2.75, 3.05) is 5.32 Å². The lowest BCUT2D eigenvalue weighted by molar-refractivity contribution is -0.119. The van der Waals surface area contributed by atoms with Crippen LogP contribution in [-0.4, -0.2) is 31.1 Å². The molecule has 2 N–H and O–H groups in total. The van der Waals surface area contributed by atoms with Gasteiger partial charge in [-0.05, 0) is 52.2 Å². The zero-order valence-electron chi connectivity index (χ0n) is 13.3. The van der Waals surface area contributed by atoms with Crippen molar-refractivity contribution in [2.45, 2.75) is 58.1 Å². The molecule has 118 valence electrons. The number of rotatable bonds is 4. The van der Waals surface area contributed by atoms with Crippen LogP contribution in [0.3, 0.4) is 0 Å². The Morgan fingerprint density at radius 2 is 2.14 bits per heavy atom. The third-order valence-corrected chi connectivity index (χ3v) is 3.96. The second kappa shape index (κ2) is 5.35. The van der Waals surface area contributed by atoms with Crippen molar-refractivity contribution in [1.82, 2.24) is 14.5 Å². The first-order valence-corrected chi connectivity index (χ1v) is 7.71. The number of aliphatic hydroxyl groups is 1. The van der Waals surface area contributed by atoms with Gasteiger partial charge >= 0.3 is 0 Å². The highest BCUT2D eigenvalue weighted by Crippen LogP contribution is 2.36. The first-order chi connectivity index (χ1) is 10.3. The molecule has 6 heteroatoms. The number of carbonyl (C=O) groups is 1. The van der Waals surface area contributed by atoms with Gasteiger partial charge in [0.05, 0.1) is 12.0 Å². The number of amides is 1. The summed E-state index contributed by atoms with van der Waals surface area (Å²) in [5.41, 5.74) is 1.51. The van der Waals surface area contributed by atoms with E-state index in [0.29, 0.717) is 12.0 Å². The van der Waals surface area contributed by atoms with Gasteiger partial charge in [-0.2, -0.15) is 0 Å². The molecule has 0 saturated heterocycles. The van der Waals surface area contributed by atoms with Crippen LogP contribution in [0.2, 0.25) is 0 Å². The predicted molar refractivity (Wildman–Crippen MR) is 84.7 cm³/mol. The molecular formula is C16H22N4O2. The van der Waals surface area contributed by atoms with Crippen LogP contribution in [-0.2, 0) is 4.79 Å². The summed E-state index contributed by atoms with van der Waals surface area (Å²) in [4.78, 5) is 21.2. The molecule has 1 amide bonds. The predicted octanol–water partition coefficient (Wildman–Crippen LogP) is 2.56. The molecule has 2 heterocycles. The van der Waals surface area contributed by atoms with E-state index in [2.05, 4.69) is 15.3 Å². The standard InChI is InChI=1S/C16H22N4O2/c1-10-7-8-12-14(17-10)20(11-5-4-6-11)15(18-12)19-13(21)9-16(2,3)22/h7-8,11,22H,4-6,9H2,1-3H3,(H,18,19,21). The van der Waals surface area contributed by atoms with Gasteiger partial charge in [-0.25, -0.2) is 9.97 Å². The summed E-state index contributed by atoms with van der Waals surface area (Å²) in [6, 6.07) is 4.19. The Morgan fingerprint density at radius 1 is 1.41 bits per heavy atom. The van der Waals surface area contributed by atoms with Gasteiger partial charge in [0.25, 0.3) is 0 Å². The summed E-state index contributed by atoms with van der Waals surface area (Å²) in [6.07, 6.45) is 3.38. The summed E-state index contributed by atoms with van der Waals surface area (Å²) in [6.45, 7) is 5.18. The molecule has 0 radical (unpaired) electrons. The molecule has 0 aliphatic heterocycles. The van der Waals surface area contributed by atoms with Crippen LogP contribution in [0.5, 0.6) is 0 Å². The van der Waals surface area contributed by atoms with Gasteiger partial charge in [0.2, 0.25) is 11.9 Å². The van der Waals surface area contributed by atoms with Gasteiger partial charge in [0.1, 0.15) is 5.52 Å². The third kappa shape index (κ3) is 2.97. The number of hydrogen-bond donors (Lipinski definition) is 2. The Labute approximate surface area is 129 Å². The van der Waals surface area contributed by atoms with Crippen molar-refractivity contribution in [3.8, 4) is 0 Å². The van der Waals surface area contributed by atoms with E-state index in [1.54, 1.807) is 13.8 Å². The van der Waals surface area contributed by atoms with Gasteiger partial charge < -0.3 is 5.11 Å². The van der Waals surface area contributed by atoms with Gasteiger partial charge in [0, 0.05) is 11.7 Å². The summed E-state index contributed by atoms with van der Waals surface area (Å²) >= 11 is 0. The minimum absolute atomic E-state index is 0.0350. The van der Waals surface area contributed by atoms with Crippen LogP contribution in [0, 0.1) is 6.92 Å². The minimum Gasteiger partial charge on any atom is -0.390 e. The first kappa shape index (κ1) is 15.0. The maximum Gasteiger partial charge on any atom is 0.229 e. The molecular weight excluding hydrogens is 280 g/mol. The highest BCUT2D eigenvalue weighted by atomic mass is 16.3. The van der Waals surface area contributed by atoms with E-state index in [0.717, 1.165) is 29.7 Å². The summed E-state index contributed by atoms with van der Waals surface area (Å²) in [5.74, 6) is 0.298. The number of aryl methyl sites for hydroxylation is 1. The van der Waals surface area contributed by atoms with Crippen molar-refractivity contribution >= 4 is 23.0 Å². The smallest absolute Gasteiger partial charge is 0.229 e. The number of hydrogen-bond acceptors (Lipinski definition) is 4. The van der Waals surface area contributed by atoms with E-state index < -0.39 is 5.60 Å². The van der Waals surface area contributed by atoms with Gasteiger partial charge in [-0.3, -0.25) is 14.7 Å². The second-order valence-electron chi connectivity index (χ2n) is 6.72. The molecule has 0 spiro atoms. The lowest BCUT2D eigenvalue weighted by Crippen LogP contribution is -2.29. The van der Waals surface area contributed by atoms with E-state index in [-0.39, 0.29) is 12.3 Å². The SMILES string of the molecule is Cc1ccc2nc(NC(=O)CC(C)(C)O)n(C3CCC3)c2n1. The van der Waals surface area contributed by atoms with Crippen molar-refractivity contribution in [3.63, 3.8) is 0 Å². The topological polar surface area (TPSA) is 80.0 Å². The largest absolute Gasteiger partial charge is 0.390 e. The number of aromatic nitrogens is 3. The molecule has 1 aliphatic carbocycles. The average molecular weight is 302 g/mol. The monoisotopic (exact) mass is 302 g/mol. The Hall–Kier alpha value is -1.95. The third-order valence-electron chi connectivity index (χ3n) is 3.96. The molecule has 3 rings (SSSR count). The Bertz CT molecular complexity index is 711. The van der Waals surface area contributed by atoms with E-state index in [1.165, 1.54) is 6.42 Å². The number of imidazole rings is 1. The molecule has 1 fully saturated rings. The molecule has 0 atom stereocenters. The molecule has 0 aromatic carbocycles. The second-order valence-corrected chi connectivity index (χ2v) is 6.72. The maximum absolute atomic E-state index is 12.1. The lowest BCUT2D eigenvalue weighted by atomic mass is 9.93. The number of carbonyl (C=O) groups excluding carboxylic acids is 1. The molecule has 0 bridgehead atoms. The molecule has 1 saturated carbocycles. The van der Waals surface area contributed by atoms with E-state index in [9.17, 15) is 9.90 Å². The normalized spacial score (nSPS) is 15.8. The first-order valence-electron chi connectivity index (χ1n) is 7.71. The van der Waals surface area contributed by atoms with Crippen LogP contribution in [0.15, 0.2) is 12.1 Å². The number of anilines is 1. The highest BCUT2D eigenvalue weighted by molar-refractivity contribution is 5.91. The fraction of sp³-hybridized carbons (Fsp3) is 0.562. The average Bonchev–Trinajstić information content (AvgIpc) is 2.63. The van der Waals surface area contributed by atoms with Crippen molar-refractivity contribution in [1.29, 1.82) is 0 Å². The van der Waals surface area contributed by atoms with Crippen LogP contribution < -0.4 is 5.32 Å². The number of fused-ring (bicyclic) bond motifs is 1. The summed E-state index contributed by atoms with van der Waals surface area (Å²) in [5, 5.41) is 12.6. The fourth-order valence-corrected chi connectivity index (χ4v) is 2.71. The van der Waals surface area contributed by atoms with Crippen LogP contribution in [0.1, 0.15) is 51.3 Å². The molecule has 2 aromatic heterocycles. The number of nitrogens with one attached hydrogen (secondary N) is 1. The van der Waals surface area contributed by atoms with Crippen LogP contribution in [0.4, 0.5) is 5.95 Å². The Morgan fingerprint density at radius 3 is 2.73 bits per heavy atom. The molecule has 6 nitrogen and oxygen atoms in total. The van der Waals surface area contributed by atoms with Crippen molar-refractivity contribution in [3.05, 3.63) is 17.8 Å². The van der Waals surface area contributed by atoms with Crippen LogP contribution in [0.25, 0.3) is 11.2 Å². The zero-order chi connectivity index (χ0) is 15.9. The Kier molecular flexibility index (Phi) is 3.64. The van der Waals surface area contributed by atoms with Crippen molar-refractivity contribution in [2.24, 2.45) is 0 Å². The highest BCUT2D eigenvalue weighted by Gasteiger charge is 2.27. The van der Waals surface area contributed by atoms with Gasteiger partial charge in [-0.1, -0.05) is 0 Å². The molecule has 0 unspecified atom stereocenters. The van der Waals surface area contributed by atoms with Gasteiger partial charge in [-0.15, -0.1) is 0 Å². The van der Waals surface area contributed by atoms with E-state index in [4.69, 9.17) is 0 Å². The van der Waals surface area contributed by atoms with Gasteiger partial charge in [0.15, 0.2) is 5.65 Å². The maximum atomic E-state index is 12.1. The molecule has 22 heavy (non-hydrogen) atoms. The quantitative estimate of drug-likeness (QED) is 0.909. The molecule has 2 aromatic rings. The van der Waals surface area contributed by atoms with Crippen molar-refractivity contribution < 1.29 is 9.90 Å². The summed E-state index contributed by atoms with van der Waals surface area (Å²) < 4.78 is 2.04. The number of pyridine rings is 1. The minimum atomic E-state index is -1.04.